The van der Waals surface area contributed by atoms with E-state index in [2.05, 4.69) is 68.2 Å². The minimum Gasteiger partial charge on any atom is -0.311 e. The van der Waals surface area contributed by atoms with Gasteiger partial charge in [-0.1, -0.05) is 50.6 Å². The molecule has 1 heterocycles. The van der Waals surface area contributed by atoms with Crippen LogP contribution in [0.2, 0.25) is 0 Å². The molecule has 0 aromatic heterocycles. The van der Waals surface area contributed by atoms with Crippen LogP contribution in [0, 0.1) is 5.92 Å². The zero-order valence-corrected chi connectivity index (χ0v) is 13.5. The van der Waals surface area contributed by atoms with E-state index in [0.717, 1.165) is 19.0 Å². The van der Waals surface area contributed by atoms with Gasteiger partial charge in [0.15, 0.2) is 0 Å². The first kappa shape index (κ1) is 15.5. The molecule has 1 aromatic carbocycles. The predicted molar refractivity (Wildman–Crippen MR) is 86.9 cm³/mol. The minimum absolute atomic E-state index is 0.121. The van der Waals surface area contributed by atoms with E-state index in [4.69, 9.17) is 0 Å². The number of nitrogens with one attached hydrogen (secondary N) is 1. The molecule has 0 aliphatic carbocycles. The predicted octanol–water partition coefficient (Wildman–Crippen LogP) is 3.63. The van der Waals surface area contributed by atoms with Crippen molar-refractivity contribution in [2.45, 2.75) is 52.1 Å². The number of piperazine rings is 1. The van der Waals surface area contributed by atoms with Crippen molar-refractivity contribution in [1.29, 1.82) is 0 Å². The van der Waals surface area contributed by atoms with E-state index in [-0.39, 0.29) is 5.54 Å². The summed E-state index contributed by atoms with van der Waals surface area (Å²) < 4.78 is 0. The topological polar surface area (TPSA) is 15.3 Å². The van der Waals surface area contributed by atoms with Crippen LogP contribution < -0.4 is 5.32 Å². The minimum atomic E-state index is 0.121. The fraction of sp³-hybridized carbons (Fsp3) is 0.667. The largest absolute Gasteiger partial charge is 0.311 e. The highest BCUT2D eigenvalue weighted by Crippen LogP contribution is 2.31. The van der Waals surface area contributed by atoms with E-state index < -0.39 is 0 Å². The Bertz CT molecular complexity index is 403. The highest BCUT2D eigenvalue weighted by atomic mass is 15.3. The third kappa shape index (κ3) is 3.42. The fourth-order valence-electron chi connectivity index (χ4n) is 3.40. The molecule has 1 aromatic rings. The van der Waals surface area contributed by atoms with Gasteiger partial charge in [0.2, 0.25) is 0 Å². The van der Waals surface area contributed by atoms with Crippen LogP contribution in [-0.4, -0.2) is 30.6 Å². The highest BCUT2D eigenvalue weighted by Gasteiger charge is 2.38. The van der Waals surface area contributed by atoms with Crippen LogP contribution in [-0.2, 0) is 5.54 Å². The van der Waals surface area contributed by atoms with Gasteiger partial charge in [-0.3, -0.25) is 4.90 Å². The monoisotopic (exact) mass is 274 g/mol. The van der Waals surface area contributed by atoms with Gasteiger partial charge in [-0.15, -0.1) is 0 Å². The van der Waals surface area contributed by atoms with Crippen LogP contribution >= 0.6 is 0 Å². The van der Waals surface area contributed by atoms with Gasteiger partial charge in [-0.2, -0.15) is 0 Å². The number of hydrogen-bond donors (Lipinski definition) is 1. The summed E-state index contributed by atoms with van der Waals surface area (Å²) in [6.45, 7) is 12.7. The maximum Gasteiger partial charge on any atom is 0.0558 e. The van der Waals surface area contributed by atoms with Crippen molar-refractivity contribution in [3.05, 3.63) is 35.9 Å². The summed E-state index contributed by atoms with van der Waals surface area (Å²) in [5.74, 6) is 0.772. The van der Waals surface area contributed by atoms with E-state index >= 15 is 0 Å². The van der Waals surface area contributed by atoms with Crippen molar-refractivity contribution < 1.29 is 0 Å². The molecule has 0 radical (unpaired) electrons. The van der Waals surface area contributed by atoms with E-state index in [1.807, 2.05) is 0 Å². The van der Waals surface area contributed by atoms with E-state index in [9.17, 15) is 0 Å². The second-order valence-electron chi connectivity index (χ2n) is 6.72. The number of benzene rings is 1. The Kier molecular flexibility index (Phi) is 5.22. The molecule has 1 fully saturated rings. The van der Waals surface area contributed by atoms with Crippen LogP contribution in [0.4, 0.5) is 0 Å². The van der Waals surface area contributed by atoms with Crippen LogP contribution in [0.1, 0.15) is 46.1 Å². The number of rotatable bonds is 5. The summed E-state index contributed by atoms with van der Waals surface area (Å²) in [4.78, 5) is 2.70. The van der Waals surface area contributed by atoms with Gasteiger partial charge in [-0.05, 0) is 31.7 Å². The van der Waals surface area contributed by atoms with Gasteiger partial charge in [-0.25, -0.2) is 0 Å². The fourth-order valence-corrected chi connectivity index (χ4v) is 3.40. The average molecular weight is 274 g/mol. The summed E-state index contributed by atoms with van der Waals surface area (Å²) in [5.41, 5.74) is 1.55. The number of nitrogens with zero attached hydrogens (tertiary/aromatic N) is 1. The van der Waals surface area contributed by atoms with E-state index in [1.165, 1.54) is 24.9 Å². The first-order valence-corrected chi connectivity index (χ1v) is 8.10. The Balaban J connectivity index is 2.19. The summed E-state index contributed by atoms with van der Waals surface area (Å²) in [7, 11) is 0. The normalized spacial score (nSPS) is 29.3. The molecule has 3 atom stereocenters. The van der Waals surface area contributed by atoms with Gasteiger partial charge < -0.3 is 5.32 Å². The first-order chi connectivity index (χ1) is 9.56. The number of hydrogen-bond acceptors (Lipinski definition) is 2. The smallest absolute Gasteiger partial charge is 0.0558 e. The summed E-state index contributed by atoms with van der Waals surface area (Å²) in [6, 6.07) is 11.6. The molecule has 0 amide bonds. The molecular weight excluding hydrogens is 244 g/mol. The average Bonchev–Trinajstić information content (AvgIpc) is 2.44. The Hall–Kier alpha value is -0.860. The molecule has 20 heavy (non-hydrogen) atoms. The van der Waals surface area contributed by atoms with Gasteiger partial charge in [0, 0.05) is 25.7 Å². The lowest BCUT2D eigenvalue weighted by atomic mass is 9.86. The van der Waals surface area contributed by atoms with Crippen LogP contribution in [0.5, 0.6) is 0 Å². The summed E-state index contributed by atoms with van der Waals surface area (Å²) in [5, 5.41) is 3.66. The Morgan fingerprint density at radius 1 is 1.35 bits per heavy atom. The second kappa shape index (κ2) is 6.73. The lowest BCUT2D eigenvalue weighted by Gasteiger charge is -2.49. The van der Waals surface area contributed by atoms with Gasteiger partial charge in [0.05, 0.1) is 5.54 Å². The molecular formula is C18H30N2. The van der Waals surface area contributed by atoms with Crippen molar-refractivity contribution >= 4 is 0 Å². The molecule has 0 saturated carbocycles. The third-order valence-electron chi connectivity index (χ3n) is 4.70. The lowest BCUT2D eigenvalue weighted by molar-refractivity contribution is 0.0394. The summed E-state index contributed by atoms with van der Waals surface area (Å²) >= 11 is 0. The van der Waals surface area contributed by atoms with E-state index in [0.29, 0.717) is 6.04 Å². The van der Waals surface area contributed by atoms with Crippen LogP contribution in [0.25, 0.3) is 0 Å². The van der Waals surface area contributed by atoms with Crippen molar-refractivity contribution in [2.24, 2.45) is 5.92 Å². The van der Waals surface area contributed by atoms with Crippen molar-refractivity contribution in [3.63, 3.8) is 0 Å². The van der Waals surface area contributed by atoms with Gasteiger partial charge in [0.25, 0.3) is 0 Å². The molecule has 1 aliphatic rings. The quantitative estimate of drug-likeness (QED) is 0.882. The van der Waals surface area contributed by atoms with Gasteiger partial charge >= 0.3 is 0 Å². The van der Waals surface area contributed by atoms with Gasteiger partial charge in [0.1, 0.15) is 0 Å². The zero-order valence-electron chi connectivity index (χ0n) is 13.5. The maximum absolute atomic E-state index is 3.66. The van der Waals surface area contributed by atoms with Crippen LogP contribution in [0.3, 0.4) is 0 Å². The Morgan fingerprint density at radius 2 is 2.05 bits per heavy atom. The first-order valence-electron chi connectivity index (χ1n) is 8.10. The lowest BCUT2D eigenvalue weighted by Crippen LogP contribution is -2.61. The van der Waals surface area contributed by atoms with Crippen molar-refractivity contribution in [3.8, 4) is 0 Å². The molecule has 0 spiro atoms. The zero-order chi connectivity index (χ0) is 14.6. The van der Waals surface area contributed by atoms with Crippen LogP contribution in [0.15, 0.2) is 30.3 Å². The van der Waals surface area contributed by atoms with Crippen molar-refractivity contribution in [2.75, 3.05) is 19.6 Å². The molecule has 3 unspecified atom stereocenters. The molecule has 0 bridgehead atoms. The summed E-state index contributed by atoms with van der Waals surface area (Å²) in [6.07, 6.45) is 2.61. The maximum atomic E-state index is 3.66. The molecule has 1 saturated heterocycles. The van der Waals surface area contributed by atoms with Crippen molar-refractivity contribution in [1.82, 2.24) is 10.2 Å². The standard InChI is InChI=1S/C18H30N2/c1-5-9-15(2)12-20-13-16(3)19-14-18(20,4)17-10-7-6-8-11-17/h6-8,10-11,15-16,19H,5,9,12-14H2,1-4H3. The second-order valence-corrected chi connectivity index (χ2v) is 6.72. The van der Waals surface area contributed by atoms with E-state index in [1.54, 1.807) is 0 Å². The molecule has 2 heteroatoms. The highest BCUT2D eigenvalue weighted by molar-refractivity contribution is 5.25. The molecule has 1 aliphatic heterocycles. The molecule has 2 rings (SSSR count). The third-order valence-corrected chi connectivity index (χ3v) is 4.70. The Labute approximate surface area is 124 Å². The molecule has 2 nitrogen and oxygen atoms in total. The Morgan fingerprint density at radius 3 is 2.70 bits per heavy atom. The SMILES string of the molecule is CCCC(C)CN1CC(C)NCC1(C)c1ccccc1. The molecule has 112 valence electrons. The molecule has 1 N–H and O–H groups in total.